The molecule has 2 atom stereocenters. The van der Waals surface area contributed by atoms with E-state index in [1.807, 2.05) is 0 Å². The average Bonchev–Trinajstić information content (AvgIpc) is 1.83. The van der Waals surface area contributed by atoms with Crippen molar-refractivity contribution in [2.24, 2.45) is 10.8 Å². The lowest BCUT2D eigenvalue weighted by Crippen LogP contribution is -2.42. The van der Waals surface area contributed by atoms with E-state index >= 15 is 0 Å². The molecule has 0 bridgehead atoms. The molecule has 0 fully saturated rings. The van der Waals surface area contributed by atoms with E-state index in [0.29, 0.717) is 5.25 Å². The first kappa shape index (κ1) is 13.3. The van der Waals surface area contributed by atoms with Crippen molar-refractivity contribution < 1.29 is 5.11 Å². The average molecular weight is 204 g/mol. The molecule has 0 spiro atoms. The summed E-state index contributed by atoms with van der Waals surface area (Å²) in [5.41, 5.74) is 0.132. The van der Waals surface area contributed by atoms with Gasteiger partial charge in [0.2, 0.25) is 0 Å². The van der Waals surface area contributed by atoms with Gasteiger partial charge in [0.1, 0.15) is 0 Å². The van der Waals surface area contributed by atoms with Crippen LogP contribution in [0.3, 0.4) is 0 Å². The highest BCUT2D eigenvalue weighted by Crippen LogP contribution is 2.37. The van der Waals surface area contributed by atoms with Gasteiger partial charge < -0.3 is 5.11 Å². The maximum atomic E-state index is 10.2. The van der Waals surface area contributed by atoms with Gasteiger partial charge in [0, 0.05) is 5.25 Å². The second kappa shape index (κ2) is 4.22. The van der Waals surface area contributed by atoms with Gasteiger partial charge in [-0.1, -0.05) is 41.5 Å². The molecule has 0 aliphatic heterocycles. The summed E-state index contributed by atoms with van der Waals surface area (Å²) in [6.07, 6.45) is 1.83. The van der Waals surface area contributed by atoms with E-state index in [1.54, 1.807) is 11.8 Å². The Balaban J connectivity index is 4.61. The molecule has 1 N–H and O–H groups in total. The molecule has 2 heteroatoms. The third-order valence-electron chi connectivity index (χ3n) is 2.28. The molecule has 0 saturated carbocycles. The molecular weight excluding hydrogens is 180 g/mol. The summed E-state index contributed by atoms with van der Waals surface area (Å²) in [6.45, 7) is 12.8. The Hall–Kier alpha value is 0.310. The second-order valence-corrected chi connectivity index (χ2v) is 6.81. The highest BCUT2D eigenvalue weighted by Gasteiger charge is 2.36. The monoisotopic (exact) mass is 204 g/mol. The lowest BCUT2D eigenvalue weighted by atomic mass is 9.78. The van der Waals surface area contributed by atoms with E-state index in [1.165, 1.54) is 0 Å². The van der Waals surface area contributed by atoms with E-state index in [2.05, 4.69) is 47.8 Å². The van der Waals surface area contributed by atoms with E-state index in [-0.39, 0.29) is 16.9 Å². The second-order valence-electron chi connectivity index (χ2n) is 5.83. The molecule has 80 valence electrons. The first-order valence-electron chi connectivity index (χ1n) is 4.81. The summed E-state index contributed by atoms with van der Waals surface area (Å²) >= 11 is 1.76. The summed E-state index contributed by atoms with van der Waals surface area (Å²) in [6, 6.07) is 0. The Kier molecular flexibility index (Phi) is 4.32. The number of aliphatic hydroxyl groups excluding tert-OH is 1. The molecule has 1 nitrogen and oxygen atoms in total. The van der Waals surface area contributed by atoms with Crippen LogP contribution >= 0.6 is 11.8 Å². The normalized spacial score (nSPS) is 18.5. The van der Waals surface area contributed by atoms with Gasteiger partial charge in [-0.25, -0.2) is 0 Å². The lowest BCUT2D eigenvalue weighted by molar-refractivity contribution is 0.0356. The largest absolute Gasteiger partial charge is 0.391 e. The number of aliphatic hydroxyl groups is 1. The van der Waals surface area contributed by atoms with Crippen molar-refractivity contribution in [1.29, 1.82) is 0 Å². The van der Waals surface area contributed by atoms with Crippen LogP contribution in [0, 0.1) is 10.8 Å². The van der Waals surface area contributed by atoms with Crippen LogP contribution < -0.4 is 0 Å². The van der Waals surface area contributed by atoms with Crippen molar-refractivity contribution in [1.82, 2.24) is 0 Å². The van der Waals surface area contributed by atoms with Crippen molar-refractivity contribution in [3.8, 4) is 0 Å². The van der Waals surface area contributed by atoms with Gasteiger partial charge in [-0.3, -0.25) is 0 Å². The predicted octanol–water partition coefficient (Wildman–Crippen LogP) is 3.17. The third kappa shape index (κ3) is 3.90. The highest BCUT2D eigenvalue weighted by atomic mass is 32.2. The summed E-state index contributed by atoms with van der Waals surface area (Å²) in [7, 11) is 0. The zero-order valence-electron chi connectivity index (χ0n) is 10.0. The molecule has 0 aromatic heterocycles. The van der Waals surface area contributed by atoms with Crippen molar-refractivity contribution in [2.45, 2.75) is 52.9 Å². The summed E-state index contributed by atoms with van der Waals surface area (Å²) in [4.78, 5) is 0. The van der Waals surface area contributed by atoms with E-state index in [4.69, 9.17) is 0 Å². The summed E-state index contributed by atoms with van der Waals surface area (Å²) < 4.78 is 0. The van der Waals surface area contributed by atoms with Gasteiger partial charge in [-0.05, 0) is 17.1 Å². The smallest absolute Gasteiger partial charge is 0.0711 e. The maximum Gasteiger partial charge on any atom is 0.0711 e. The van der Waals surface area contributed by atoms with E-state index in [9.17, 15) is 5.11 Å². The zero-order chi connectivity index (χ0) is 10.9. The topological polar surface area (TPSA) is 20.2 Å². The van der Waals surface area contributed by atoms with Crippen molar-refractivity contribution in [2.75, 3.05) is 6.26 Å². The Labute approximate surface area is 87.3 Å². The van der Waals surface area contributed by atoms with Crippen molar-refractivity contribution >= 4 is 11.8 Å². The zero-order valence-corrected chi connectivity index (χ0v) is 10.8. The van der Waals surface area contributed by atoms with Crippen LogP contribution in [0.1, 0.15) is 41.5 Å². The van der Waals surface area contributed by atoms with Crippen LogP contribution in [0.5, 0.6) is 0 Å². The first-order chi connectivity index (χ1) is 5.60. The van der Waals surface area contributed by atoms with Crippen LogP contribution in [0.15, 0.2) is 0 Å². The van der Waals surface area contributed by atoms with Crippen molar-refractivity contribution in [3.05, 3.63) is 0 Å². The van der Waals surface area contributed by atoms with Crippen molar-refractivity contribution in [3.63, 3.8) is 0 Å². The SMILES string of the molecule is CS[C@@H]([C@@H](O)C(C)(C)C)C(C)(C)C. The van der Waals surface area contributed by atoms with Gasteiger partial charge in [0.25, 0.3) is 0 Å². The standard InChI is InChI=1S/C11H24OS/c1-10(2,3)8(12)9(13-7)11(4,5)6/h8-9,12H,1-7H3/t8-,9+/m1/s1. The minimum absolute atomic E-state index is 0.0268. The fourth-order valence-corrected chi connectivity index (χ4v) is 2.78. The first-order valence-corrected chi connectivity index (χ1v) is 6.10. The van der Waals surface area contributed by atoms with E-state index in [0.717, 1.165) is 0 Å². The van der Waals surface area contributed by atoms with Crippen LogP contribution in [0.2, 0.25) is 0 Å². The molecule has 0 saturated heterocycles. The Morgan fingerprint density at radius 1 is 0.923 bits per heavy atom. The number of hydrogen-bond acceptors (Lipinski definition) is 2. The van der Waals surface area contributed by atoms with E-state index < -0.39 is 0 Å². The molecule has 0 aliphatic carbocycles. The molecule has 0 radical (unpaired) electrons. The van der Waals surface area contributed by atoms with Gasteiger partial charge in [0.05, 0.1) is 6.10 Å². The molecule has 0 heterocycles. The molecular formula is C11H24OS. The van der Waals surface area contributed by atoms with Crippen LogP contribution in [-0.2, 0) is 0 Å². The minimum atomic E-state index is -0.248. The molecule has 0 aliphatic rings. The summed E-state index contributed by atoms with van der Waals surface area (Å²) in [5, 5.41) is 10.5. The molecule has 0 aromatic rings. The minimum Gasteiger partial charge on any atom is -0.391 e. The molecule has 0 amide bonds. The number of rotatable bonds is 2. The number of thioether (sulfide) groups is 1. The molecule has 0 unspecified atom stereocenters. The highest BCUT2D eigenvalue weighted by molar-refractivity contribution is 7.99. The molecule has 13 heavy (non-hydrogen) atoms. The van der Waals surface area contributed by atoms with Crippen LogP contribution in [-0.4, -0.2) is 22.7 Å². The fraction of sp³-hybridized carbons (Fsp3) is 1.00. The Morgan fingerprint density at radius 3 is 1.38 bits per heavy atom. The predicted molar refractivity (Wildman–Crippen MR) is 62.2 cm³/mol. The van der Waals surface area contributed by atoms with Gasteiger partial charge in [0.15, 0.2) is 0 Å². The Bertz CT molecular complexity index is 152. The maximum absolute atomic E-state index is 10.2. The summed E-state index contributed by atoms with van der Waals surface area (Å²) in [5.74, 6) is 0. The van der Waals surface area contributed by atoms with Crippen LogP contribution in [0.25, 0.3) is 0 Å². The van der Waals surface area contributed by atoms with Gasteiger partial charge in [-0.2, -0.15) is 11.8 Å². The fourth-order valence-electron chi connectivity index (χ4n) is 1.41. The Morgan fingerprint density at radius 2 is 1.31 bits per heavy atom. The lowest BCUT2D eigenvalue weighted by Gasteiger charge is -2.39. The molecule has 0 rings (SSSR count). The van der Waals surface area contributed by atoms with Crippen LogP contribution in [0.4, 0.5) is 0 Å². The van der Waals surface area contributed by atoms with Gasteiger partial charge >= 0.3 is 0 Å². The third-order valence-corrected chi connectivity index (χ3v) is 3.75. The number of hydrogen-bond donors (Lipinski definition) is 1. The van der Waals surface area contributed by atoms with Gasteiger partial charge in [-0.15, -0.1) is 0 Å². The quantitative estimate of drug-likeness (QED) is 0.745. The molecule has 0 aromatic carbocycles.